The Morgan fingerprint density at radius 1 is 1.29 bits per heavy atom. The van der Waals surface area contributed by atoms with E-state index in [9.17, 15) is 19.8 Å². The fourth-order valence-electron chi connectivity index (χ4n) is 1.07. The molecule has 1 aliphatic heterocycles. The molecule has 1 atom stereocenters. The van der Waals surface area contributed by atoms with Gasteiger partial charge in [0.15, 0.2) is 0 Å². The van der Waals surface area contributed by atoms with Crippen LogP contribution in [-0.2, 0) is 4.79 Å². The summed E-state index contributed by atoms with van der Waals surface area (Å²) in [6.07, 6.45) is -1.34. The predicted octanol–water partition coefficient (Wildman–Crippen LogP) is -9.64. The largest absolute Gasteiger partial charge is 1.00 e. The molecule has 0 saturated carbocycles. The van der Waals surface area contributed by atoms with E-state index in [0.29, 0.717) is 6.54 Å². The third kappa shape index (κ3) is 4.97. The molecule has 14 heavy (non-hydrogen) atoms. The molecule has 6 nitrogen and oxygen atoms in total. The molecule has 1 unspecified atom stereocenters. The minimum absolute atomic E-state index is 0. The minimum atomic E-state index is -1.34. The molecule has 1 aliphatic rings. The molecule has 1 fully saturated rings. The smallest absolute Gasteiger partial charge is 0.548 e. The molecule has 1 amide bonds. The van der Waals surface area contributed by atoms with Crippen LogP contribution in [0.1, 0.15) is 0 Å². The van der Waals surface area contributed by atoms with Crippen LogP contribution in [0.25, 0.3) is 0 Å². The normalized spacial score (nSPS) is 20.3. The van der Waals surface area contributed by atoms with Crippen molar-refractivity contribution in [1.29, 1.82) is 0 Å². The Hall–Kier alpha value is 0.700. The summed E-state index contributed by atoms with van der Waals surface area (Å²) in [6.45, 7) is 0.462. The number of carboxylic acids is 1. The molecule has 1 saturated heterocycles. The Morgan fingerprint density at radius 3 is 2.29 bits per heavy atom. The molecule has 0 aromatic carbocycles. The Bertz CT molecular complexity index is 194. The van der Waals surface area contributed by atoms with Crippen LogP contribution >= 0.6 is 0 Å². The zero-order valence-corrected chi connectivity index (χ0v) is 12.3. The van der Waals surface area contributed by atoms with Crippen molar-refractivity contribution in [2.24, 2.45) is 0 Å². The molecule has 1 rings (SSSR count). The van der Waals surface area contributed by atoms with Crippen LogP contribution in [0.5, 0.6) is 0 Å². The number of carboxylic acid groups (broad SMARTS) is 2. The summed E-state index contributed by atoms with van der Waals surface area (Å²) in [6, 6.07) is -0.920. The van der Waals surface area contributed by atoms with Gasteiger partial charge in [-0.25, -0.2) is 0 Å². The van der Waals surface area contributed by atoms with Crippen molar-refractivity contribution in [3.8, 4) is 0 Å². The number of hydrogen-bond acceptors (Lipinski definition) is 5. The first-order valence-electron chi connectivity index (χ1n) is 3.51. The molecule has 1 N–H and O–H groups in total. The van der Waals surface area contributed by atoms with Crippen LogP contribution in [-0.4, -0.2) is 42.6 Å². The van der Waals surface area contributed by atoms with Gasteiger partial charge in [-0.3, -0.25) is 0 Å². The van der Waals surface area contributed by atoms with Gasteiger partial charge in [-0.2, -0.15) is 0 Å². The van der Waals surface area contributed by atoms with Gasteiger partial charge < -0.3 is 30.0 Å². The van der Waals surface area contributed by atoms with E-state index in [-0.39, 0.29) is 72.2 Å². The van der Waals surface area contributed by atoms with Crippen molar-refractivity contribution >= 4 is 12.1 Å². The first-order valence-corrected chi connectivity index (χ1v) is 3.51. The molecule has 0 spiro atoms. The summed E-state index contributed by atoms with van der Waals surface area (Å²) in [4.78, 5) is 21.5. The van der Waals surface area contributed by atoms with Gasteiger partial charge in [0, 0.05) is 19.6 Å². The second kappa shape index (κ2) is 7.92. The van der Waals surface area contributed by atoms with E-state index in [4.69, 9.17) is 0 Å². The molecule has 68 valence electrons. The third-order valence-electron chi connectivity index (χ3n) is 1.72. The van der Waals surface area contributed by atoms with Crippen molar-refractivity contribution in [2.75, 3.05) is 19.6 Å². The van der Waals surface area contributed by atoms with E-state index in [1.807, 2.05) is 0 Å². The Balaban J connectivity index is 0. The zero-order chi connectivity index (χ0) is 9.14. The van der Waals surface area contributed by atoms with Crippen LogP contribution in [0.15, 0.2) is 0 Å². The standard InChI is InChI=1S/C6H10N2O4.2Na/c9-5(10)4-3-8(6(11)12)2-1-7-4;;/h4,7H,1-3H2,(H,9,10)(H,11,12);;/q;2*+1/p-2. The van der Waals surface area contributed by atoms with Gasteiger partial charge in [-0.15, -0.1) is 0 Å². The molecule has 0 aromatic heterocycles. The summed E-state index contributed by atoms with van der Waals surface area (Å²) < 4.78 is 0. The number of carbonyl (C=O) groups is 2. The fraction of sp³-hybridized carbons (Fsp3) is 0.667. The van der Waals surface area contributed by atoms with E-state index in [2.05, 4.69) is 5.32 Å². The number of piperazine rings is 1. The maximum absolute atomic E-state index is 10.3. The van der Waals surface area contributed by atoms with Crippen molar-refractivity contribution in [3.05, 3.63) is 0 Å². The van der Waals surface area contributed by atoms with E-state index in [1.54, 1.807) is 0 Å². The Kier molecular flexibility index (Phi) is 9.68. The summed E-state index contributed by atoms with van der Waals surface area (Å²) >= 11 is 0. The first kappa shape index (κ1) is 17.1. The molecule has 8 heteroatoms. The zero-order valence-electron chi connectivity index (χ0n) is 8.28. The molecule has 0 bridgehead atoms. The van der Waals surface area contributed by atoms with Crippen LogP contribution in [0.4, 0.5) is 4.79 Å². The van der Waals surface area contributed by atoms with Gasteiger partial charge in [0.2, 0.25) is 0 Å². The molecular weight excluding hydrogens is 210 g/mol. The second-order valence-corrected chi connectivity index (χ2v) is 2.54. The SMILES string of the molecule is O=C([O-])C1CN(C(=O)[O-])CCN1.[Na+].[Na+]. The first-order chi connectivity index (χ1) is 5.61. The number of rotatable bonds is 1. The van der Waals surface area contributed by atoms with Gasteiger partial charge in [0.1, 0.15) is 6.09 Å². The van der Waals surface area contributed by atoms with Gasteiger partial charge in [0.25, 0.3) is 0 Å². The van der Waals surface area contributed by atoms with Crippen molar-refractivity contribution in [1.82, 2.24) is 10.2 Å². The Labute approximate surface area is 126 Å². The average Bonchev–Trinajstić information content (AvgIpc) is 2.04. The summed E-state index contributed by atoms with van der Waals surface area (Å²) in [5, 5.41) is 23.2. The van der Waals surface area contributed by atoms with E-state index in [1.165, 1.54) is 0 Å². The van der Waals surface area contributed by atoms with Gasteiger partial charge in [-0.1, -0.05) is 0 Å². The minimum Gasteiger partial charge on any atom is -0.548 e. The maximum Gasteiger partial charge on any atom is 1.00 e. The monoisotopic (exact) mass is 218 g/mol. The number of hydrogen-bond donors (Lipinski definition) is 1. The summed E-state index contributed by atoms with van der Waals surface area (Å²) in [7, 11) is 0. The van der Waals surface area contributed by atoms with Crippen molar-refractivity contribution < 1.29 is 78.9 Å². The van der Waals surface area contributed by atoms with Crippen LogP contribution in [0.3, 0.4) is 0 Å². The number of carbonyl (C=O) groups excluding carboxylic acids is 2. The molecule has 1 heterocycles. The number of amides is 1. The van der Waals surface area contributed by atoms with Gasteiger partial charge in [0.05, 0.1) is 12.0 Å². The van der Waals surface area contributed by atoms with E-state index >= 15 is 0 Å². The molecule has 0 aromatic rings. The van der Waals surface area contributed by atoms with Crippen LogP contribution < -0.4 is 74.6 Å². The van der Waals surface area contributed by atoms with E-state index < -0.39 is 18.1 Å². The van der Waals surface area contributed by atoms with Gasteiger partial charge >= 0.3 is 59.1 Å². The van der Waals surface area contributed by atoms with Crippen LogP contribution in [0.2, 0.25) is 0 Å². The number of nitrogens with one attached hydrogen (secondary N) is 1. The Morgan fingerprint density at radius 2 is 1.86 bits per heavy atom. The predicted molar refractivity (Wildman–Crippen MR) is 33.8 cm³/mol. The fourth-order valence-corrected chi connectivity index (χ4v) is 1.07. The molecule has 0 radical (unpaired) electrons. The average molecular weight is 218 g/mol. The molecule has 0 aliphatic carbocycles. The summed E-state index contributed by atoms with van der Waals surface area (Å²) in [5.74, 6) is -1.29. The second-order valence-electron chi connectivity index (χ2n) is 2.54. The van der Waals surface area contributed by atoms with Gasteiger partial charge in [-0.05, 0) is 0 Å². The number of nitrogens with zero attached hydrogens (tertiary/aromatic N) is 1. The van der Waals surface area contributed by atoms with Crippen molar-refractivity contribution in [2.45, 2.75) is 6.04 Å². The number of aliphatic carboxylic acids is 1. The third-order valence-corrected chi connectivity index (χ3v) is 1.72. The maximum atomic E-state index is 10.3. The molecular formula is C6H8N2Na2O4. The van der Waals surface area contributed by atoms with Crippen LogP contribution in [0, 0.1) is 0 Å². The topological polar surface area (TPSA) is 95.5 Å². The quantitative estimate of drug-likeness (QED) is 0.441. The van der Waals surface area contributed by atoms with Crippen molar-refractivity contribution in [3.63, 3.8) is 0 Å². The van der Waals surface area contributed by atoms with E-state index in [0.717, 1.165) is 4.90 Å². The summed E-state index contributed by atoms with van der Waals surface area (Å²) in [5.41, 5.74) is 0.